The molecule has 1 aliphatic heterocycles. The van der Waals surface area contributed by atoms with Crippen LogP contribution in [0.3, 0.4) is 0 Å². The van der Waals surface area contributed by atoms with Gasteiger partial charge in [-0.1, -0.05) is 6.92 Å². The molecular weight excluding hydrogens is 212 g/mol. The van der Waals surface area contributed by atoms with Crippen LogP contribution in [-0.4, -0.2) is 34.3 Å². The molecule has 4 nitrogen and oxygen atoms in total. The van der Waals surface area contributed by atoms with Crippen LogP contribution >= 0.6 is 0 Å². The van der Waals surface area contributed by atoms with E-state index in [9.17, 15) is 0 Å². The van der Waals surface area contributed by atoms with E-state index < -0.39 is 0 Å². The Kier molecular flexibility index (Phi) is 3.54. The monoisotopic (exact) mass is 236 g/mol. The number of hydrogen-bond donors (Lipinski definition) is 1. The molecule has 2 N–H and O–H groups in total. The molecule has 1 atom stereocenters. The second-order valence-electron chi connectivity index (χ2n) is 5.86. The Hall–Kier alpha value is -0.870. The Labute approximate surface area is 104 Å². The van der Waals surface area contributed by atoms with E-state index in [1.54, 1.807) is 0 Å². The van der Waals surface area contributed by atoms with Gasteiger partial charge in [-0.05, 0) is 44.8 Å². The van der Waals surface area contributed by atoms with Crippen LogP contribution < -0.4 is 5.73 Å². The van der Waals surface area contributed by atoms with Gasteiger partial charge in [0.15, 0.2) is 0 Å². The second-order valence-corrected chi connectivity index (χ2v) is 5.86. The van der Waals surface area contributed by atoms with E-state index in [0.29, 0.717) is 11.5 Å². The minimum atomic E-state index is 0.306. The summed E-state index contributed by atoms with van der Waals surface area (Å²) in [6.45, 7) is 10.6. The first-order valence-electron chi connectivity index (χ1n) is 6.49. The van der Waals surface area contributed by atoms with Crippen molar-refractivity contribution in [2.24, 2.45) is 11.1 Å². The maximum absolute atomic E-state index is 5.82. The van der Waals surface area contributed by atoms with Crippen molar-refractivity contribution in [3.63, 3.8) is 0 Å². The van der Waals surface area contributed by atoms with E-state index in [2.05, 4.69) is 43.0 Å². The van der Waals surface area contributed by atoms with Crippen molar-refractivity contribution in [3.8, 4) is 0 Å². The van der Waals surface area contributed by atoms with Gasteiger partial charge in [-0.25, -0.2) is 0 Å². The Morgan fingerprint density at radius 3 is 2.82 bits per heavy atom. The van der Waals surface area contributed by atoms with Gasteiger partial charge in [0.05, 0.1) is 5.69 Å². The largest absolute Gasteiger partial charge is 0.330 e. The molecule has 0 amide bonds. The number of aromatic nitrogens is 2. The Bertz CT molecular complexity index is 371. The van der Waals surface area contributed by atoms with Crippen LogP contribution in [0.4, 0.5) is 0 Å². The molecule has 0 saturated carbocycles. The lowest BCUT2D eigenvalue weighted by molar-refractivity contribution is 0.271. The molecule has 1 fully saturated rings. The summed E-state index contributed by atoms with van der Waals surface area (Å²) in [5, 5.41) is 4.59. The fraction of sp³-hybridized carbons (Fsp3) is 0.769. The van der Waals surface area contributed by atoms with Crippen LogP contribution in [0.1, 0.15) is 38.9 Å². The molecule has 2 heterocycles. The highest BCUT2D eigenvalue weighted by Gasteiger charge is 2.32. The summed E-state index contributed by atoms with van der Waals surface area (Å²) in [5.41, 5.74) is 7.29. The third-order valence-electron chi connectivity index (χ3n) is 3.71. The lowest BCUT2D eigenvalue weighted by Crippen LogP contribution is -2.31. The molecule has 1 aromatic rings. The summed E-state index contributed by atoms with van der Waals surface area (Å²) in [5.74, 6) is 0. The highest BCUT2D eigenvalue weighted by Crippen LogP contribution is 2.29. The van der Waals surface area contributed by atoms with Crippen LogP contribution in [0.2, 0.25) is 0 Å². The van der Waals surface area contributed by atoms with Crippen LogP contribution in [-0.2, 0) is 6.54 Å². The lowest BCUT2D eigenvalue weighted by atomic mass is 9.90. The third kappa shape index (κ3) is 2.87. The molecular formula is C13H24N4. The zero-order chi connectivity index (χ0) is 12.5. The molecule has 2 rings (SSSR count). The Morgan fingerprint density at radius 1 is 1.53 bits per heavy atom. The molecule has 4 heteroatoms. The normalized spacial score (nSPS) is 25.9. The molecule has 0 radical (unpaired) electrons. The summed E-state index contributed by atoms with van der Waals surface area (Å²) in [6.07, 6.45) is 3.27. The van der Waals surface area contributed by atoms with E-state index in [1.807, 2.05) is 4.68 Å². The summed E-state index contributed by atoms with van der Waals surface area (Å²) >= 11 is 0. The highest BCUT2D eigenvalue weighted by atomic mass is 15.3. The van der Waals surface area contributed by atoms with Crippen LogP contribution in [0.5, 0.6) is 0 Å². The van der Waals surface area contributed by atoms with E-state index >= 15 is 0 Å². The first-order chi connectivity index (χ1) is 8.02. The zero-order valence-electron chi connectivity index (χ0n) is 11.2. The maximum atomic E-state index is 5.82. The van der Waals surface area contributed by atoms with Crippen LogP contribution in [0, 0.1) is 5.41 Å². The molecule has 0 aromatic carbocycles. The molecule has 1 aromatic heterocycles. The molecule has 1 saturated heterocycles. The fourth-order valence-electron chi connectivity index (χ4n) is 2.41. The molecule has 17 heavy (non-hydrogen) atoms. The first kappa shape index (κ1) is 12.6. The number of nitrogens with two attached hydrogens (primary N) is 1. The Balaban J connectivity index is 1.93. The summed E-state index contributed by atoms with van der Waals surface area (Å²) in [6, 6.07) is 2.56. The predicted octanol–water partition coefficient (Wildman–Crippen LogP) is 1.63. The van der Waals surface area contributed by atoms with Gasteiger partial charge in [0.2, 0.25) is 0 Å². The standard InChI is InChI=1S/C13H24N4/c1-11(2)17-6-4-12(15-17)8-16-7-5-13(3,9-14)10-16/h4,6,11H,5,7-10,14H2,1-3H3. The first-order valence-corrected chi connectivity index (χ1v) is 6.49. The van der Waals surface area contributed by atoms with Crippen molar-refractivity contribution in [2.45, 2.75) is 39.8 Å². The molecule has 96 valence electrons. The second kappa shape index (κ2) is 4.78. The van der Waals surface area contributed by atoms with Gasteiger partial charge >= 0.3 is 0 Å². The topological polar surface area (TPSA) is 47.1 Å². The SMILES string of the molecule is CC(C)n1ccc(CN2CCC(C)(CN)C2)n1. The van der Waals surface area contributed by atoms with Crippen LogP contribution in [0.15, 0.2) is 12.3 Å². The summed E-state index contributed by atoms with van der Waals surface area (Å²) in [7, 11) is 0. The Morgan fingerprint density at radius 2 is 2.29 bits per heavy atom. The number of rotatable bonds is 4. The molecule has 0 bridgehead atoms. The average molecular weight is 236 g/mol. The van der Waals surface area contributed by atoms with Crippen LogP contribution in [0.25, 0.3) is 0 Å². The van der Waals surface area contributed by atoms with E-state index in [0.717, 1.165) is 26.2 Å². The maximum Gasteiger partial charge on any atom is 0.0764 e. The molecule has 1 aliphatic rings. The van der Waals surface area contributed by atoms with E-state index in [-0.39, 0.29) is 0 Å². The fourth-order valence-corrected chi connectivity index (χ4v) is 2.41. The zero-order valence-corrected chi connectivity index (χ0v) is 11.2. The van der Waals surface area contributed by atoms with Crippen molar-refractivity contribution in [1.29, 1.82) is 0 Å². The van der Waals surface area contributed by atoms with Gasteiger partial charge in [0, 0.05) is 25.3 Å². The molecule has 0 aliphatic carbocycles. The van der Waals surface area contributed by atoms with Crippen molar-refractivity contribution < 1.29 is 0 Å². The number of nitrogens with zero attached hydrogens (tertiary/aromatic N) is 3. The molecule has 1 unspecified atom stereocenters. The predicted molar refractivity (Wildman–Crippen MR) is 69.7 cm³/mol. The van der Waals surface area contributed by atoms with Crippen molar-refractivity contribution >= 4 is 0 Å². The van der Waals surface area contributed by atoms with Gasteiger partial charge in [-0.3, -0.25) is 9.58 Å². The summed E-state index contributed by atoms with van der Waals surface area (Å²) in [4.78, 5) is 2.46. The summed E-state index contributed by atoms with van der Waals surface area (Å²) < 4.78 is 2.02. The number of hydrogen-bond acceptors (Lipinski definition) is 3. The van der Waals surface area contributed by atoms with Gasteiger partial charge in [0.25, 0.3) is 0 Å². The van der Waals surface area contributed by atoms with Gasteiger partial charge in [-0.15, -0.1) is 0 Å². The third-order valence-corrected chi connectivity index (χ3v) is 3.71. The van der Waals surface area contributed by atoms with Gasteiger partial charge < -0.3 is 5.73 Å². The van der Waals surface area contributed by atoms with Crippen molar-refractivity contribution in [2.75, 3.05) is 19.6 Å². The van der Waals surface area contributed by atoms with Crippen molar-refractivity contribution in [1.82, 2.24) is 14.7 Å². The lowest BCUT2D eigenvalue weighted by Gasteiger charge is -2.22. The number of likely N-dealkylation sites (tertiary alicyclic amines) is 1. The van der Waals surface area contributed by atoms with Gasteiger partial charge in [0.1, 0.15) is 0 Å². The highest BCUT2D eigenvalue weighted by molar-refractivity contribution is 5.01. The minimum Gasteiger partial charge on any atom is -0.330 e. The van der Waals surface area contributed by atoms with E-state index in [1.165, 1.54) is 12.1 Å². The smallest absolute Gasteiger partial charge is 0.0764 e. The minimum absolute atomic E-state index is 0.306. The van der Waals surface area contributed by atoms with Gasteiger partial charge in [-0.2, -0.15) is 5.10 Å². The van der Waals surface area contributed by atoms with Crippen molar-refractivity contribution in [3.05, 3.63) is 18.0 Å². The quantitative estimate of drug-likeness (QED) is 0.864. The van der Waals surface area contributed by atoms with E-state index in [4.69, 9.17) is 5.73 Å². The average Bonchev–Trinajstić information content (AvgIpc) is 2.87. The molecule has 0 spiro atoms.